The molecule has 8 unspecified atom stereocenters. The molecule has 1 aliphatic heterocycles. The van der Waals surface area contributed by atoms with Gasteiger partial charge >= 0.3 is 35.6 Å². The van der Waals surface area contributed by atoms with Crippen molar-refractivity contribution in [3.05, 3.63) is 12.4 Å². The summed E-state index contributed by atoms with van der Waals surface area (Å²) in [5.41, 5.74) is 0.971. The molecule has 36 heavy (non-hydrogen) atoms. The summed E-state index contributed by atoms with van der Waals surface area (Å²) in [6, 6.07) is 1.39. The number of thioether (sulfide) groups is 1. The molecule has 7 heteroatoms. The predicted octanol–water partition coefficient (Wildman–Crippen LogP) is 10.9. The van der Waals surface area contributed by atoms with Crippen molar-refractivity contribution in [2.24, 2.45) is 23.7 Å². The third-order valence-corrected chi connectivity index (χ3v) is 15.7. The Morgan fingerprint density at radius 2 is 1.53 bits per heavy atom. The van der Waals surface area contributed by atoms with E-state index in [4.69, 9.17) is 28.3 Å². The second-order valence-corrected chi connectivity index (χ2v) is 21.9. The molecule has 0 aromatic heterocycles. The molecule has 214 valence electrons. The van der Waals surface area contributed by atoms with Crippen molar-refractivity contribution in [1.82, 2.24) is 0 Å². The van der Waals surface area contributed by atoms with Gasteiger partial charge in [0, 0.05) is 17.1 Å². The average molecular weight is 615 g/mol. The molecule has 2 nitrogen and oxygen atoms in total. The third kappa shape index (κ3) is 10.3. The molecule has 3 rings (SSSR count). The van der Waals surface area contributed by atoms with Gasteiger partial charge in [-0.25, -0.2) is 0 Å². The monoisotopic (exact) mass is 613 g/mol. The topological polar surface area (TPSA) is 23.3 Å². The number of halogens is 2. The summed E-state index contributed by atoms with van der Waals surface area (Å²) in [7, 11) is 8.05. The third-order valence-electron chi connectivity index (χ3n) is 8.74. The molecule has 0 aromatic carbocycles. The fraction of sp³-hybridized carbons (Fsp3) is 0.966. The van der Waals surface area contributed by atoms with Gasteiger partial charge in [-0.3, -0.25) is 0 Å². The maximum atomic E-state index is 5.93. The Morgan fingerprint density at radius 3 is 2.11 bits per heavy atom. The molecule has 3 aliphatic rings. The average Bonchev–Trinajstić information content (AvgIpc) is 3.20. The van der Waals surface area contributed by atoms with E-state index in [2.05, 4.69) is 73.7 Å². The second-order valence-electron chi connectivity index (χ2n) is 13.7. The molecule has 0 amide bonds. The molecule has 1 saturated heterocycles. The van der Waals surface area contributed by atoms with Crippen LogP contribution in [0.2, 0.25) is 18.1 Å². The van der Waals surface area contributed by atoms with Crippen LogP contribution >= 0.6 is 30.4 Å². The number of rotatable bonds is 9. The fourth-order valence-corrected chi connectivity index (χ4v) is 16.4. The first-order valence-corrected chi connectivity index (χ1v) is 22.2. The van der Waals surface area contributed by atoms with Crippen molar-refractivity contribution < 1.29 is 21.8 Å². The number of fused-ring (bicyclic) bond motifs is 3. The molecule has 0 N–H and O–H groups in total. The normalized spacial score (nSPS) is 33.5. The van der Waals surface area contributed by atoms with Crippen molar-refractivity contribution in [3.8, 4) is 0 Å². The molecule has 2 saturated carbocycles. The van der Waals surface area contributed by atoms with Crippen LogP contribution < -0.4 is 0 Å². The van der Waals surface area contributed by atoms with Crippen LogP contribution in [0, 0.1) is 31.1 Å². The Bertz CT molecular complexity index is 631. The molecule has 1 heterocycles. The molecule has 0 aromatic rings. The number of hydrogen-bond donors (Lipinski definition) is 0. The SMILES string of the molecule is CC1C(C)C([Si](C)(CCCCCCOC(C)(C)C)[N-]C(C)(C)C)C2SC3CCCCC3C12.[CH3-].[Cl][Ti][Cl]. The zero-order chi connectivity index (χ0) is 26.4. The molecular formula is C29H57Cl2NOSSiTi-2. The summed E-state index contributed by atoms with van der Waals surface area (Å²) in [4.78, 5) is 5.75. The van der Waals surface area contributed by atoms with E-state index in [0.717, 1.165) is 46.3 Å². The van der Waals surface area contributed by atoms with E-state index in [-0.39, 0.29) is 18.6 Å². The van der Waals surface area contributed by atoms with Gasteiger partial charge in [-0.1, -0.05) is 87.5 Å². The van der Waals surface area contributed by atoms with Crippen molar-refractivity contribution >= 4 is 38.6 Å². The first-order valence-electron chi connectivity index (χ1n) is 14.2. The zero-order valence-electron chi connectivity index (χ0n) is 25.1. The molecule has 0 radical (unpaired) electrons. The standard InChI is InChI=1S/C28H54NOSSi.CH3.2ClH.Ti/c1-20-21(2)26(25-24(20)22-16-12-13-17-23(22)31-25)32(9,29-27(3,4)5)19-15-11-10-14-18-30-28(6,7)8;;;;/h20-26H,10-19H2,1-9H3;1H3;2*1H;/q2*-1;;;+2/p-2. The van der Waals surface area contributed by atoms with Gasteiger partial charge in [-0.15, -0.1) is 5.54 Å². The van der Waals surface area contributed by atoms with Crippen LogP contribution in [0.5, 0.6) is 0 Å². The minimum atomic E-state index is -1.73. The first-order chi connectivity index (χ1) is 16.2. The Hall–Kier alpha value is 1.78. The van der Waals surface area contributed by atoms with Crippen LogP contribution in [-0.2, 0) is 21.8 Å². The van der Waals surface area contributed by atoms with Crippen molar-refractivity contribution in [2.45, 2.75) is 147 Å². The van der Waals surface area contributed by atoms with Gasteiger partial charge in [0.15, 0.2) is 0 Å². The second kappa shape index (κ2) is 15.7. The van der Waals surface area contributed by atoms with E-state index in [1.165, 1.54) is 57.4 Å². The summed E-state index contributed by atoms with van der Waals surface area (Å²) in [5.74, 6) is 3.73. The maximum absolute atomic E-state index is 5.93. The summed E-state index contributed by atoms with van der Waals surface area (Å²) >= 11 is 1.89. The van der Waals surface area contributed by atoms with Gasteiger partial charge in [-0.2, -0.15) is 11.8 Å². The zero-order valence-corrected chi connectivity index (χ0v) is 30.0. The Labute approximate surface area is 248 Å². The van der Waals surface area contributed by atoms with Crippen LogP contribution in [0.1, 0.15) is 107 Å². The predicted molar refractivity (Wildman–Crippen MR) is 165 cm³/mol. The van der Waals surface area contributed by atoms with Crippen LogP contribution in [0.25, 0.3) is 4.98 Å². The molecular weight excluding hydrogens is 557 g/mol. The van der Waals surface area contributed by atoms with Crippen LogP contribution in [0.3, 0.4) is 0 Å². The summed E-state index contributed by atoms with van der Waals surface area (Å²) < 4.78 is 5.93. The molecule has 3 fully saturated rings. The Balaban J connectivity index is 0.00000154. The number of ether oxygens (including phenoxy) is 1. The molecule has 0 spiro atoms. The van der Waals surface area contributed by atoms with Crippen LogP contribution in [-0.4, -0.2) is 36.5 Å². The minimum absolute atomic E-state index is 0. The van der Waals surface area contributed by atoms with Gasteiger partial charge in [-0.05, 0) is 69.2 Å². The van der Waals surface area contributed by atoms with Crippen molar-refractivity contribution in [1.29, 1.82) is 0 Å². The van der Waals surface area contributed by atoms with E-state index < -0.39 is 25.3 Å². The number of hydrogen-bond acceptors (Lipinski definition) is 2. The summed E-state index contributed by atoms with van der Waals surface area (Å²) in [5, 5.41) is 1.86. The van der Waals surface area contributed by atoms with Crippen LogP contribution in [0.15, 0.2) is 0 Å². The number of unbranched alkanes of at least 4 members (excludes halogenated alkanes) is 3. The number of nitrogens with zero attached hydrogens (tertiary/aromatic N) is 1. The van der Waals surface area contributed by atoms with E-state index >= 15 is 0 Å². The van der Waals surface area contributed by atoms with Gasteiger partial charge < -0.3 is 17.1 Å². The Morgan fingerprint density at radius 1 is 0.944 bits per heavy atom. The summed E-state index contributed by atoms with van der Waals surface area (Å²) in [6.45, 7) is 22.3. The van der Waals surface area contributed by atoms with E-state index in [0.29, 0.717) is 0 Å². The quantitative estimate of drug-likeness (QED) is 0.147. The fourth-order valence-electron chi connectivity index (χ4n) is 7.56. The molecule has 2 aliphatic carbocycles. The van der Waals surface area contributed by atoms with E-state index in [1.54, 1.807) is 0 Å². The molecule has 8 atom stereocenters. The van der Waals surface area contributed by atoms with Crippen LogP contribution in [0.4, 0.5) is 0 Å². The van der Waals surface area contributed by atoms with Gasteiger partial charge in [0.1, 0.15) is 0 Å². The Kier molecular flexibility index (Phi) is 15.6. The van der Waals surface area contributed by atoms with Gasteiger partial charge in [0.05, 0.1) is 5.60 Å². The van der Waals surface area contributed by atoms with Crippen molar-refractivity contribution in [3.63, 3.8) is 0 Å². The summed E-state index contributed by atoms with van der Waals surface area (Å²) in [6.07, 6.45) is 11.2. The van der Waals surface area contributed by atoms with E-state index in [9.17, 15) is 0 Å². The first kappa shape index (κ1) is 35.8. The van der Waals surface area contributed by atoms with E-state index in [1.807, 2.05) is 0 Å². The molecule has 0 bridgehead atoms. The van der Waals surface area contributed by atoms with Gasteiger partial charge in [0.25, 0.3) is 0 Å². The van der Waals surface area contributed by atoms with Gasteiger partial charge in [0.2, 0.25) is 0 Å². The van der Waals surface area contributed by atoms with Crippen molar-refractivity contribution in [2.75, 3.05) is 6.61 Å².